The second-order valence-electron chi connectivity index (χ2n) is 5.66. The van der Waals surface area contributed by atoms with E-state index < -0.39 is 6.29 Å². The molecule has 17 heavy (non-hydrogen) atoms. The molecule has 0 aliphatic heterocycles. The fourth-order valence-electron chi connectivity index (χ4n) is 2.60. The van der Waals surface area contributed by atoms with E-state index in [1.54, 1.807) is 0 Å². The van der Waals surface area contributed by atoms with Gasteiger partial charge < -0.3 is 15.6 Å². The van der Waals surface area contributed by atoms with Gasteiger partial charge in [0.2, 0.25) is 0 Å². The number of rotatable bonds is 3. The molecule has 0 saturated heterocycles. The molecule has 3 unspecified atom stereocenters. The van der Waals surface area contributed by atoms with E-state index in [0.717, 1.165) is 32.1 Å². The zero-order chi connectivity index (χ0) is 12.7. The molecule has 0 amide bonds. The predicted octanol–water partition coefficient (Wildman–Crippen LogP) is 2.81. The van der Waals surface area contributed by atoms with Gasteiger partial charge in [0.05, 0.1) is 6.10 Å². The summed E-state index contributed by atoms with van der Waals surface area (Å²) in [5.74, 6) is 0.294. The van der Waals surface area contributed by atoms with Crippen LogP contribution in [0, 0.1) is 5.92 Å². The Hall–Kier alpha value is -0.120. The van der Waals surface area contributed by atoms with Crippen molar-refractivity contribution in [2.75, 3.05) is 0 Å². The maximum atomic E-state index is 10.0. The number of aliphatic hydroxyl groups is 1. The second-order valence-corrected chi connectivity index (χ2v) is 5.66. The highest BCUT2D eigenvalue weighted by atomic mass is 16.6. The number of ether oxygens (including phenoxy) is 1. The van der Waals surface area contributed by atoms with Crippen molar-refractivity contribution >= 4 is 0 Å². The van der Waals surface area contributed by atoms with Crippen LogP contribution in [0.25, 0.3) is 0 Å². The summed E-state index contributed by atoms with van der Waals surface area (Å²) in [6, 6.07) is 0.358. The third kappa shape index (κ3) is 6.39. The first kappa shape index (κ1) is 14.9. The van der Waals surface area contributed by atoms with E-state index >= 15 is 0 Å². The van der Waals surface area contributed by atoms with Gasteiger partial charge in [0.15, 0.2) is 6.29 Å². The minimum Gasteiger partial charge on any atom is -0.368 e. The Bertz CT molecular complexity index is 197. The van der Waals surface area contributed by atoms with Crippen LogP contribution < -0.4 is 5.73 Å². The Morgan fingerprint density at radius 2 is 1.59 bits per heavy atom. The summed E-state index contributed by atoms with van der Waals surface area (Å²) >= 11 is 0. The first-order chi connectivity index (χ1) is 8.09. The summed E-state index contributed by atoms with van der Waals surface area (Å²) in [5, 5.41) is 10.0. The Kier molecular flexibility index (Phi) is 7.09. The number of hydrogen-bond donors (Lipinski definition) is 2. The Morgan fingerprint density at radius 3 is 2.29 bits per heavy atom. The lowest BCUT2D eigenvalue weighted by atomic mass is 9.90. The first-order valence-corrected chi connectivity index (χ1v) is 7.18. The van der Waals surface area contributed by atoms with E-state index in [2.05, 4.69) is 0 Å². The highest BCUT2D eigenvalue weighted by Crippen LogP contribution is 2.24. The Balaban J connectivity index is 2.39. The molecule has 3 heteroatoms. The largest absolute Gasteiger partial charge is 0.368 e. The second kappa shape index (κ2) is 8.06. The molecule has 1 aliphatic rings. The third-order valence-corrected chi connectivity index (χ3v) is 3.61. The van der Waals surface area contributed by atoms with Gasteiger partial charge in [0.1, 0.15) is 0 Å². The number of nitrogens with two attached hydrogens (primary N) is 1. The summed E-state index contributed by atoms with van der Waals surface area (Å²) in [6.45, 7) is 3.94. The maximum Gasteiger partial charge on any atom is 0.157 e. The van der Waals surface area contributed by atoms with Crippen molar-refractivity contribution in [3.05, 3.63) is 0 Å². The fraction of sp³-hybridized carbons (Fsp3) is 1.00. The molecule has 0 bridgehead atoms. The molecular weight excluding hydrogens is 214 g/mol. The zero-order valence-electron chi connectivity index (χ0n) is 11.4. The average molecular weight is 243 g/mol. The van der Waals surface area contributed by atoms with E-state index in [0.29, 0.717) is 12.0 Å². The normalized spacial score (nSPS) is 30.2. The highest BCUT2D eigenvalue weighted by Gasteiger charge is 2.21. The van der Waals surface area contributed by atoms with Gasteiger partial charge in [-0.2, -0.15) is 0 Å². The van der Waals surface area contributed by atoms with Gasteiger partial charge in [-0.15, -0.1) is 0 Å². The van der Waals surface area contributed by atoms with Crippen molar-refractivity contribution in [2.24, 2.45) is 11.7 Å². The molecule has 1 rings (SSSR count). The van der Waals surface area contributed by atoms with Gasteiger partial charge in [-0.1, -0.05) is 25.7 Å². The van der Waals surface area contributed by atoms with E-state index in [-0.39, 0.29) is 6.10 Å². The summed E-state index contributed by atoms with van der Waals surface area (Å²) in [6.07, 6.45) is 8.66. The van der Waals surface area contributed by atoms with Gasteiger partial charge >= 0.3 is 0 Å². The summed E-state index contributed by atoms with van der Waals surface area (Å²) in [5.41, 5.74) is 6.03. The maximum absolute atomic E-state index is 10.0. The topological polar surface area (TPSA) is 55.5 Å². The molecule has 0 heterocycles. The van der Waals surface area contributed by atoms with Crippen molar-refractivity contribution in [3.63, 3.8) is 0 Å². The molecule has 0 aromatic rings. The smallest absolute Gasteiger partial charge is 0.157 e. The Morgan fingerprint density at radius 1 is 1.00 bits per heavy atom. The highest BCUT2D eigenvalue weighted by molar-refractivity contribution is 4.69. The molecule has 102 valence electrons. The minimum absolute atomic E-state index is 0.0997. The van der Waals surface area contributed by atoms with Crippen LogP contribution in [0.4, 0.5) is 0 Å². The van der Waals surface area contributed by atoms with Crippen molar-refractivity contribution in [2.45, 2.75) is 83.6 Å². The van der Waals surface area contributed by atoms with Gasteiger partial charge in [-0.3, -0.25) is 0 Å². The van der Waals surface area contributed by atoms with Crippen LogP contribution in [0.3, 0.4) is 0 Å². The van der Waals surface area contributed by atoms with Crippen molar-refractivity contribution < 1.29 is 9.84 Å². The first-order valence-electron chi connectivity index (χ1n) is 7.18. The van der Waals surface area contributed by atoms with E-state index in [1.807, 2.05) is 13.8 Å². The van der Waals surface area contributed by atoms with E-state index in [9.17, 15) is 5.11 Å². The predicted molar refractivity (Wildman–Crippen MR) is 70.6 cm³/mol. The van der Waals surface area contributed by atoms with Crippen LogP contribution in [0.2, 0.25) is 0 Å². The fourth-order valence-corrected chi connectivity index (χ4v) is 2.60. The van der Waals surface area contributed by atoms with Crippen molar-refractivity contribution in [3.8, 4) is 0 Å². The van der Waals surface area contributed by atoms with Gasteiger partial charge in [0, 0.05) is 12.0 Å². The molecule has 1 saturated carbocycles. The van der Waals surface area contributed by atoms with Crippen LogP contribution in [0.1, 0.15) is 65.2 Å². The molecule has 0 aromatic carbocycles. The lowest BCUT2D eigenvalue weighted by Crippen LogP contribution is -2.28. The minimum atomic E-state index is -0.592. The Labute approximate surface area is 106 Å². The van der Waals surface area contributed by atoms with Gasteiger partial charge in [0.25, 0.3) is 0 Å². The zero-order valence-corrected chi connectivity index (χ0v) is 11.4. The van der Waals surface area contributed by atoms with Crippen LogP contribution in [0.5, 0.6) is 0 Å². The van der Waals surface area contributed by atoms with Crippen LogP contribution in [0.15, 0.2) is 0 Å². The van der Waals surface area contributed by atoms with Crippen LogP contribution >= 0.6 is 0 Å². The standard InChI is InChI=1S/C14H29NO2/c1-11(2)17-14(16)12-7-4-3-5-9-13(15)10-6-8-12/h11-14,16H,3-10,15H2,1-2H3. The SMILES string of the molecule is CC(C)OC(O)C1CCCCCC(N)CCC1. The molecule has 3 nitrogen and oxygen atoms in total. The molecule has 0 radical (unpaired) electrons. The monoisotopic (exact) mass is 243 g/mol. The molecule has 1 fully saturated rings. The average Bonchev–Trinajstić information content (AvgIpc) is 2.25. The molecule has 0 aromatic heterocycles. The lowest BCUT2D eigenvalue weighted by Gasteiger charge is -2.26. The van der Waals surface area contributed by atoms with Gasteiger partial charge in [-0.25, -0.2) is 0 Å². The van der Waals surface area contributed by atoms with Crippen LogP contribution in [-0.4, -0.2) is 23.5 Å². The summed E-state index contributed by atoms with van der Waals surface area (Å²) in [7, 11) is 0. The van der Waals surface area contributed by atoms with Crippen molar-refractivity contribution in [1.29, 1.82) is 0 Å². The molecule has 3 atom stereocenters. The lowest BCUT2D eigenvalue weighted by molar-refractivity contribution is -0.160. The van der Waals surface area contributed by atoms with Crippen molar-refractivity contribution in [1.82, 2.24) is 0 Å². The number of aliphatic hydroxyl groups excluding tert-OH is 1. The molecule has 1 aliphatic carbocycles. The molecular formula is C14H29NO2. The number of hydrogen-bond acceptors (Lipinski definition) is 3. The molecule has 3 N–H and O–H groups in total. The third-order valence-electron chi connectivity index (χ3n) is 3.61. The van der Waals surface area contributed by atoms with E-state index in [1.165, 1.54) is 19.3 Å². The van der Waals surface area contributed by atoms with Gasteiger partial charge in [-0.05, 0) is 39.5 Å². The summed E-state index contributed by atoms with van der Waals surface area (Å²) < 4.78 is 5.51. The summed E-state index contributed by atoms with van der Waals surface area (Å²) in [4.78, 5) is 0. The van der Waals surface area contributed by atoms with E-state index in [4.69, 9.17) is 10.5 Å². The van der Waals surface area contributed by atoms with Crippen LogP contribution in [-0.2, 0) is 4.74 Å². The quantitative estimate of drug-likeness (QED) is 0.749. The molecule has 0 spiro atoms.